The summed E-state index contributed by atoms with van der Waals surface area (Å²) in [7, 11) is 0. The Hall–Kier alpha value is -2.96. The van der Waals surface area contributed by atoms with Crippen LogP contribution in [-0.2, 0) is 29.3 Å². The number of imide groups is 1. The van der Waals surface area contributed by atoms with Gasteiger partial charge in [0, 0.05) is 5.69 Å². The number of anilines is 1. The van der Waals surface area contributed by atoms with Crippen LogP contribution in [0, 0.1) is 11.8 Å². The van der Waals surface area contributed by atoms with Gasteiger partial charge in [-0.15, -0.1) is 0 Å². The molecule has 3 rings (SSSR count). The van der Waals surface area contributed by atoms with Crippen LogP contribution in [0.5, 0.6) is 0 Å². The third-order valence-electron chi connectivity index (χ3n) is 5.58. The van der Waals surface area contributed by atoms with E-state index < -0.39 is 36.4 Å². The van der Waals surface area contributed by atoms with Gasteiger partial charge in [-0.25, -0.2) is 0 Å². The van der Waals surface area contributed by atoms with Crippen LogP contribution < -0.4 is 5.32 Å². The highest BCUT2D eigenvalue weighted by Gasteiger charge is 2.47. The van der Waals surface area contributed by atoms with Crippen LogP contribution in [0.25, 0.3) is 0 Å². The van der Waals surface area contributed by atoms with Gasteiger partial charge in [0.2, 0.25) is 11.8 Å². The number of hydrogen-bond donors (Lipinski definition) is 1. The molecule has 3 unspecified atom stereocenters. The molecule has 1 aliphatic carbocycles. The van der Waals surface area contributed by atoms with Crippen LogP contribution in [0.2, 0.25) is 0 Å². The first-order valence-corrected chi connectivity index (χ1v) is 10.2. The van der Waals surface area contributed by atoms with Crippen LogP contribution in [-0.4, -0.2) is 41.2 Å². The molecule has 1 aromatic carbocycles. The zero-order valence-electron chi connectivity index (χ0n) is 17.8. The van der Waals surface area contributed by atoms with Gasteiger partial charge in [0.15, 0.2) is 6.10 Å². The van der Waals surface area contributed by atoms with Crippen molar-refractivity contribution in [3.05, 3.63) is 42.0 Å². The molecule has 2 aliphatic rings. The largest absolute Gasteiger partial charge is 0.451 e. The molecule has 1 saturated heterocycles. The third kappa shape index (κ3) is 4.61. The van der Waals surface area contributed by atoms with E-state index in [-0.39, 0.29) is 17.2 Å². The van der Waals surface area contributed by atoms with Gasteiger partial charge >= 0.3 is 5.97 Å². The first-order chi connectivity index (χ1) is 14.1. The van der Waals surface area contributed by atoms with Crippen molar-refractivity contribution in [2.24, 2.45) is 11.8 Å². The quantitative estimate of drug-likeness (QED) is 0.456. The zero-order valence-corrected chi connectivity index (χ0v) is 17.8. The molecule has 1 fully saturated rings. The molecule has 3 atom stereocenters. The number of esters is 1. The fourth-order valence-corrected chi connectivity index (χ4v) is 3.74. The van der Waals surface area contributed by atoms with E-state index >= 15 is 0 Å². The highest BCUT2D eigenvalue weighted by Crippen LogP contribution is 2.34. The molecular weight excluding hydrogens is 384 g/mol. The summed E-state index contributed by atoms with van der Waals surface area (Å²) in [4.78, 5) is 50.4. The predicted octanol–water partition coefficient (Wildman–Crippen LogP) is 2.81. The maximum absolute atomic E-state index is 12.4. The molecule has 30 heavy (non-hydrogen) atoms. The minimum atomic E-state index is -1.06. The van der Waals surface area contributed by atoms with E-state index in [9.17, 15) is 19.2 Å². The van der Waals surface area contributed by atoms with Crippen LogP contribution in [0.15, 0.2) is 36.4 Å². The van der Waals surface area contributed by atoms with Crippen LogP contribution in [0.4, 0.5) is 5.69 Å². The summed E-state index contributed by atoms with van der Waals surface area (Å²) in [5.41, 5.74) is 1.73. The molecule has 7 heteroatoms. The van der Waals surface area contributed by atoms with Crippen molar-refractivity contribution in [2.75, 3.05) is 11.9 Å². The van der Waals surface area contributed by atoms with Gasteiger partial charge in [-0.2, -0.15) is 0 Å². The van der Waals surface area contributed by atoms with Crippen LogP contribution in [0.3, 0.4) is 0 Å². The van der Waals surface area contributed by atoms with Gasteiger partial charge in [-0.05, 0) is 42.9 Å². The molecule has 7 nitrogen and oxygen atoms in total. The van der Waals surface area contributed by atoms with Gasteiger partial charge in [0.05, 0.1) is 11.8 Å². The molecule has 0 aromatic heterocycles. The Balaban J connectivity index is 1.53. The van der Waals surface area contributed by atoms with Gasteiger partial charge in [0.25, 0.3) is 5.91 Å². The van der Waals surface area contributed by atoms with Gasteiger partial charge < -0.3 is 10.1 Å². The van der Waals surface area contributed by atoms with Crippen LogP contribution >= 0.6 is 0 Å². The van der Waals surface area contributed by atoms with E-state index in [1.807, 2.05) is 24.3 Å². The van der Waals surface area contributed by atoms with Crippen LogP contribution in [0.1, 0.15) is 46.1 Å². The van der Waals surface area contributed by atoms with Gasteiger partial charge in [-0.1, -0.05) is 45.1 Å². The molecule has 1 heterocycles. The molecule has 160 valence electrons. The normalized spacial score (nSPS) is 21.9. The first kappa shape index (κ1) is 21.7. The molecule has 1 aromatic rings. The van der Waals surface area contributed by atoms with Crippen molar-refractivity contribution in [3.8, 4) is 0 Å². The van der Waals surface area contributed by atoms with E-state index in [0.717, 1.165) is 10.5 Å². The number of carbonyl (C=O) groups is 4. The lowest BCUT2D eigenvalue weighted by Gasteiger charge is -2.20. The average molecular weight is 412 g/mol. The Labute approximate surface area is 176 Å². The maximum atomic E-state index is 12.4. The number of fused-ring (bicyclic) bond motifs is 1. The molecule has 0 spiro atoms. The molecule has 1 N–H and O–H groups in total. The Morgan fingerprint density at radius 3 is 2.10 bits per heavy atom. The lowest BCUT2D eigenvalue weighted by Crippen LogP contribution is -2.39. The van der Waals surface area contributed by atoms with E-state index in [0.29, 0.717) is 18.5 Å². The summed E-state index contributed by atoms with van der Waals surface area (Å²) in [5.74, 6) is -2.75. The number of rotatable bonds is 5. The van der Waals surface area contributed by atoms with Crippen molar-refractivity contribution in [3.63, 3.8) is 0 Å². The van der Waals surface area contributed by atoms with Crippen molar-refractivity contribution >= 4 is 29.4 Å². The average Bonchev–Trinajstić information content (AvgIpc) is 2.93. The zero-order chi connectivity index (χ0) is 22.1. The molecule has 0 saturated carbocycles. The summed E-state index contributed by atoms with van der Waals surface area (Å²) in [6.45, 7) is 7.28. The smallest absolute Gasteiger partial charge is 0.326 e. The highest BCUT2D eigenvalue weighted by molar-refractivity contribution is 6.07. The van der Waals surface area contributed by atoms with Crippen molar-refractivity contribution in [1.82, 2.24) is 4.90 Å². The Morgan fingerprint density at radius 2 is 1.60 bits per heavy atom. The molecule has 3 amide bonds. The van der Waals surface area contributed by atoms with Crippen molar-refractivity contribution < 1.29 is 23.9 Å². The van der Waals surface area contributed by atoms with E-state index in [1.165, 1.54) is 6.92 Å². The Morgan fingerprint density at radius 1 is 1.07 bits per heavy atom. The number of benzene rings is 1. The maximum Gasteiger partial charge on any atom is 0.326 e. The minimum absolute atomic E-state index is 0.00334. The number of nitrogens with one attached hydrogen (secondary N) is 1. The predicted molar refractivity (Wildman–Crippen MR) is 111 cm³/mol. The van der Waals surface area contributed by atoms with E-state index in [1.54, 1.807) is 12.1 Å². The number of allylic oxidation sites excluding steroid dienone is 2. The van der Waals surface area contributed by atoms with E-state index in [4.69, 9.17) is 4.74 Å². The Kier molecular flexibility index (Phi) is 6.10. The topological polar surface area (TPSA) is 92.8 Å². The first-order valence-electron chi connectivity index (χ1n) is 10.2. The summed E-state index contributed by atoms with van der Waals surface area (Å²) >= 11 is 0. The lowest BCUT2D eigenvalue weighted by atomic mass is 9.85. The lowest BCUT2D eigenvalue weighted by molar-refractivity contribution is -0.158. The fourth-order valence-electron chi connectivity index (χ4n) is 3.74. The number of carbonyl (C=O) groups excluding carboxylic acids is 4. The molecular formula is C23H28N2O5. The number of hydrogen-bond acceptors (Lipinski definition) is 5. The summed E-state index contributed by atoms with van der Waals surface area (Å²) in [6.07, 6.45) is 3.72. The fraction of sp³-hybridized carbons (Fsp3) is 0.478. The summed E-state index contributed by atoms with van der Waals surface area (Å²) < 4.78 is 5.16. The van der Waals surface area contributed by atoms with Gasteiger partial charge in [0.1, 0.15) is 6.54 Å². The molecule has 1 aliphatic heterocycles. The standard InChI is InChI=1S/C23H28N2O5/c1-14(20(27)24-16-11-9-15(10-12-16)23(2,3)4)30-19(26)13-25-21(28)17-7-5-6-8-18(17)22(25)29/h5-6,9-12,14,17-18H,7-8,13H2,1-4H3,(H,24,27). The number of nitrogens with zero attached hydrogens (tertiary/aromatic N) is 1. The number of likely N-dealkylation sites (tertiary alicyclic amines) is 1. The second-order valence-electron chi connectivity index (χ2n) is 8.87. The third-order valence-corrected chi connectivity index (χ3v) is 5.58. The second-order valence-corrected chi connectivity index (χ2v) is 8.87. The molecule has 0 radical (unpaired) electrons. The van der Waals surface area contributed by atoms with Crippen molar-refractivity contribution in [1.29, 1.82) is 0 Å². The second kappa shape index (κ2) is 8.42. The molecule has 0 bridgehead atoms. The highest BCUT2D eigenvalue weighted by atomic mass is 16.5. The number of amides is 3. The number of ether oxygens (including phenoxy) is 1. The monoisotopic (exact) mass is 412 g/mol. The minimum Gasteiger partial charge on any atom is -0.451 e. The summed E-state index contributed by atoms with van der Waals surface area (Å²) in [6, 6.07) is 7.46. The Bertz CT molecular complexity index is 856. The van der Waals surface area contributed by atoms with Gasteiger partial charge in [-0.3, -0.25) is 24.1 Å². The van der Waals surface area contributed by atoms with E-state index in [2.05, 4.69) is 26.1 Å². The SMILES string of the molecule is CC(OC(=O)CN1C(=O)C2CC=CCC2C1=O)C(=O)Nc1ccc(C(C)(C)C)cc1. The van der Waals surface area contributed by atoms with Crippen molar-refractivity contribution in [2.45, 2.75) is 52.1 Å². The summed E-state index contributed by atoms with van der Waals surface area (Å²) in [5, 5.41) is 2.71.